The number of nitro groups is 1. The topological polar surface area (TPSA) is 107 Å². The molecule has 0 aromatic carbocycles. The number of aliphatic imine (C=N–C) groups is 1. The minimum atomic E-state index is -2.22. The van der Waals surface area contributed by atoms with Crippen LogP contribution in [0.15, 0.2) is 16.4 Å². The van der Waals surface area contributed by atoms with Gasteiger partial charge in [-0.05, 0) is 6.42 Å². The van der Waals surface area contributed by atoms with Gasteiger partial charge in [-0.15, -0.1) is 0 Å². The highest BCUT2D eigenvalue weighted by Crippen LogP contribution is 2.36. The van der Waals surface area contributed by atoms with E-state index in [0.717, 1.165) is 18.2 Å². The molecule has 1 aliphatic heterocycles. The van der Waals surface area contributed by atoms with Crippen LogP contribution < -0.4 is 0 Å². The van der Waals surface area contributed by atoms with Crippen LogP contribution in [0, 0.1) is 10.1 Å². The molecule has 17 heavy (non-hydrogen) atoms. The van der Waals surface area contributed by atoms with E-state index in [1.54, 1.807) is 0 Å². The molecule has 0 fully saturated rings. The van der Waals surface area contributed by atoms with Gasteiger partial charge in [0.15, 0.2) is 5.04 Å². The van der Waals surface area contributed by atoms with E-state index < -0.39 is 20.2 Å². The maximum absolute atomic E-state index is 10.8. The van der Waals surface area contributed by atoms with E-state index in [1.807, 2.05) is 0 Å². The minimum Gasteiger partial charge on any atom is -0.503 e. The summed E-state index contributed by atoms with van der Waals surface area (Å²) in [6.45, 7) is 0.465. The number of rotatable bonds is 2. The lowest BCUT2D eigenvalue weighted by Crippen LogP contribution is -2.21. The Kier molecular flexibility index (Phi) is 6.57. The molecule has 0 amide bonds. The molecule has 1 heterocycles. The molecule has 3 N–H and O–H groups in total. The van der Waals surface area contributed by atoms with Crippen molar-refractivity contribution >= 4 is 51.6 Å². The number of alkyl halides is 3. The SMILES string of the molecule is O.O=[N+]([O-])C(C1=NCCCS1)=C(O)C(Cl)(Cl)Cl. The van der Waals surface area contributed by atoms with Gasteiger partial charge in [0.05, 0.1) is 4.92 Å². The van der Waals surface area contributed by atoms with E-state index in [2.05, 4.69) is 4.99 Å². The van der Waals surface area contributed by atoms with Gasteiger partial charge in [0.2, 0.25) is 5.76 Å². The van der Waals surface area contributed by atoms with Crippen LogP contribution in [0.5, 0.6) is 0 Å². The van der Waals surface area contributed by atoms with E-state index in [1.165, 1.54) is 0 Å². The normalized spacial score (nSPS) is 17.7. The number of hydrogen-bond acceptors (Lipinski definition) is 5. The van der Waals surface area contributed by atoms with Gasteiger partial charge < -0.3 is 10.6 Å². The smallest absolute Gasteiger partial charge is 0.342 e. The predicted molar refractivity (Wildman–Crippen MR) is 69.9 cm³/mol. The van der Waals surface area contributed by atoms with E-state index in [-0.39, 0.29) is 10.5 Å². The fourth-order valence-electron chi connectivity index (χ4n) is 1.00. The standard InChI is InChI=1S/C7H7Cl3N2O3S.H2O/c8-7(9,10)5(13)4(12(14)15)6-11-2-1-3-16-6;/h13H,1-3H2;1H2. The van der Waals surface area contributed by atoms with Crippen molar-refractivity contribution in [2.45, 2.75) is 10.2 Å². The van der Waals surface area contributed by atoms with Gasteiger partial charge in [-0.25, -0.2) is 0 Å². The lowest BCUT2D eigenvalue weighted by molar-refractivity contribution is -0.417. The van der Waals surface area contributed by atoms with Crippen LogP contribution in [0.3, 0.4) is 0 Å². The molecule has 0 radical (unpaired) electrons. The van der Waals surface area contributed by atoms with Crippen LogP contribution in [-0.4, -0.2) is 36.6 Å². The summed E-state index contributed by atoms with van der Waals surface area (Å²) in [5, 5.41) is 20.4. The summed E-state index contributed by atoms with van der Waals surface area (Å²) >= 11 is 17.3. The number of thioether (sulfide) groups is 1. The Morgan fingerprint density at radius 2 is 2.12 bits per heavy atom. The fraction of sp³-hybridized carbons (Fsp3) is 0.571. The van der Waals surface area contributed by atoms with Gasteiger partial charge in [-0.1, -0.05) is 46.6 Å². The van der Waals surface area contributed by atoms with Crippen LogP contribution >= 0.6 is 46.6 Å². The molecule has 0 saturated carbocycles. The van der Waals surface area contributed by atoms with Gasteiger partial charge in [0.25, 0.3) is 3.79 Å². The first-order valence-electron chi connectivity index (χ1n) is 4.16. The molecule has 1 aliphatic rings. The van der Waals surface area contributed by atoms with Crippen molar-refractivity contribution in [1.29, 1.82) is 0 Å². The summed E-state index contributed by atoms with van der Waals surface area (Å²) in [6, 6.07) is 0. The molecule has 0 aromatic rings. The van der Waals surface area contributed by atoms with Crippen LogP contribution in [0.2, 0.25) is 0 Å². The van der Waals surface area contributed by atoms with E-state index >= 15 is 0 Å². The van der Waals surface area contributed by atoms with E-state index in [4.69, 9.17) is 34.8 Å². The largest absolute Gasteiger partial charge is 0.503 e. The summed E-state index contributed by atoms with van der Waals surface area (Å²) < 4.78 is -2.22. The number of nitrogens with zero attached hydrogens (tertiary/aromatic N) is 2. The van der Waals surface area contributed by atoms with Gasteiger partial charge in [-0.2, -0.15) is 0 Å². The molecule has 0 aliphatic carbocycles. The van der Waals surface area contributed by atoms with Crippen molar-refractivity contribution < 1.29 is 15.5 Å². The zero-order valence-electron chi connectivity index (χ0n) is 8.32. The molecule has 0 saturated heterocycles. The van der Waals surface area contributed by atoms with Crippen molar-refractivity contribution in [1.82, 2.24) is 0 Å². The highest BCUT2D eigenvalue weighted by molar-refractivity contribution is 8.14. The molecule has 0 bridgehead atoms. The summed E-state index contributed by atoms with van der Waals surface area (Å²) in [6.07, 6.45) is 0.827. The average molecular weight is 324 g/mol. The molecular formula is C7H9Cl3N2O4S. The van der Waals surface area contributed by atoms with E-state index in [9.17, 15) is 15.2 Å². The van der Waals surface area contributed by atoms with E-state index in [0.29, 0.717) is 12.3 Å². The zero-order valence-corrected chi connectivity index (χ0v) is 11.4. The highest BCUT2D eigenvalue weighted by Gasteiger charge is 2.38. The number of aliphatic hydroxyl groups excluding tert-OH is 1. The van der Waals surface area contributed by atoms with Gasteiger partial charge in [0, 0.05) is 12.3 Å². The number of allylic oxidation sites excluding steroid dienone is 1. The summed E-state index contributed by atoms with van der Waals surface area (Å²) in [5.74, 6) is -0.223. The Hall–Kier alpha value is -0.210. The molecule has 1 rings (SSSR count). The highest BCUT2D eigenvalue weighted by atomic mass is 35.6. The van der Waals surface area contributed by atoms with Crippen molar-refractivity contribution in [3.63, 3.8) is 0 Å². The fourth-order valence-corrected chi connectivity index (χ4v) is 2.23. The average Bonchev–Trinajstić information content (AvgIpc) is 2.17. The van der Waals surface area contributed by atoms with Crippen LogP contribution in [-0.2, 0) is 0 Å². The maximum atomic E-state index is 10.8. The number of halogens is 3. The Morgan fingerprint density at radius 3 is 2.47 bits per heavy atom. The van der Waals surface area contributed by atoms with Gasteiger partial charge >= 0.3 is 5.70 Å². The molecule has 10 heteroatoms. The molecule has 0 unspecified atom stereocenters. The predicted octanol–water partition coefficient (Wildman–Crippen LogP) is 2.11. The van der Waals surface area contributed by atoms with Crippen molar-refractivity contribution in [3.8, 4) is 0 Å². The minimum absolute atomic E-state index is 0. The molecule has 0 aromatic heterocycles. The second-order valence-corrected chi connectivity index (χ2v) is 6.21. The Morgan fingerprint density at radius 1 is 1.53 bits per heavy atom. The third-order valence-corrected chi connectivity index (χ3v) is 3.30. The zero-order chi connectivity index (χ0) is 12.3. The maximum Gasteiger partial charge on any atom is 0.342 e. The first kappa shape index (κ1) is 16.8. The Balaban J connectivity index is 0.00000256. The second kappa shape index (κ2) is 6.65. The Labute approximate surface area is 116 Å². The lowest BCUT2D eigenvalue weighted by atomic mass is 10.4. The monoisotopic (exact) mass is 322 g/mol. The number of aliphatic hydroxyl groups is 1. The van der Waals surface area contributed by atoms with Crippen LogP contribution in [0.1, 0.15) is 6.42 Å². The van der Waals surface area contributed by atoms with Crippen molar-refractivity contribution in [2.75, 3.05) is 12.3 Å². The summed E-state index contributed by atoms with van der Waals surface area (Å²) in [4.78, 5) is 13.9. The third kappa shape index (κ3) is 4.51. The van der Waals surface area contributed by atoms with Crippen LogP contribution in [0.25, 0.3) is 0 Å². The lowest BCUT2D eigenvalue weighted by Gasteiger charge is -2.13. The van der Waals surface area contributed by atoms with Gasteiger partial charge in [0.1, 0.15) is 0 Å². The second-order valence-electron chi connectivity index (χ2n) is 2.84. The summed E-state index contributed by atoms with van der Waals surface area (Å²) in [5.41, 5.74) is -0.635. The third-order valence-electron chi connectivity index (χ3n) is 1.67. The molecule has 0 atom stereocenters. The van der Waals surface area contributed by atoms with Gasteiger partial charge in [-0.3, -0.25) is 15.1 Å². The summed E-state index contributed by atoms with van der Waals surface area (Å²) in [7, 11) is 0. The van der Waals surface area contributed by atoms with Crippen molar-refractivity contribution in [2.24, 2.45) is 4.99 Å². The quantitative estimate of drug-likeness (QED) is 0.363. The molecule has 98 valence electrons. The van der Waals surface area contributed by atoms with Crippen molar-refractivity contribution in [3.05, 3.63) is 21.6 Å². The molecule has 0 spiro atoms. The first-order chi connectivity index (χ1) is 7.34. The molecule has 6 nitrogen and oxygen atoms in total. The molecular weight excluding hydrogens is 315 g/mol. The number of hydrogen-bond donors (Lipinski definition) is 1. The Bertz CT molecular complexity index is 367. The first-order valence-corrected chi connectivity index (χ1v) is 6.28. The van der Waals surface area contributed by atoms with Crippen LogP contribution in [0.4, 0.5) is 0 Å².